The van der Waals surface area contributed by atoms with Crippen molar-refractivity contribution in [2.75, 3.05) is 0 Å². The van der Waals surface area contributed by atoms with Crippen molar-refractivity contribution in [3.8, 4) is 0 Å². The molecule has 3 heterocycles. The molecule has 2 nitrogen and oxygen atoms in total. The molecule has 2 heteroatoms. The van der Waals surface area contributed by atoms with E-state index in [1.165, 1.54) is 38.9 Å². The number of aryl methyl sites for hydroxylation is 2. The predicted molar refractivity (Wildman–Crippen MR) is 104 cm³/mol. The molecule has 1 aromatic carbocycles. The first-order chi connectivity index (χ1) is 11.5. The van der Waals surface area contributed by atoms with Gasteiger partial charge in [-0.1, -0.05) is 26.5 Å². The lowest BCUT2D eigenvalue weighted by Crippen LogP contribution is -2.18. The Labute approximate surface area is 145 Å². The molecule has 0 aliphatic carbocycles. The van der Waals surface area contributed by atoms with E-state index in [1.54, 1.807) is 0 Å². The monoisotopic (exact) mass is 318 g/mol. The van der Waals surface area contributed by atoms with Crippen molar-refractivity contribution in [3.05, 3.63) is 70.1 Å². The first-order valence-electron chi connectivity index (χ1n) is 8.73. The summed E-state index contributed by atoms with van der Waals surface area (Å²) in [5.41, 5.74) is 11.0. The predicted octanol–water partition coefficient (Wildman–Crippen LogP) is 5.90. The third-order valence-corrected chi connectivity index (χ3v) is 5.18. The van der Waals surface area contributed by atoms with E-state index in [2.05, 4.69) is 63.4 Å². The maximum Gasteiger partial charge on any atom is 0.0924 e. The van der Waals surface area contributed by atoms with E-state index in [-0.39, 0.29) is 0 Å². The van der Waals surface area contributed by atoms with Gasteiger partial charge >= 0.3 is 0 Å². The summed E-state index contributed by atoms with van der Waals surface area (Å²) in [6, 6.07) is 6.61. The molecule has 0 N–H and O–H groups in total. The molecule has 0 saturated heterocycles. The molecular weight excluding hydrogens is 292 g/mol. The lowest BCUT2D eigenvalue weighted by atomic mass is 10.0. The van der Waals surface area contributed by atoms with Gasteiger partial charge in [-0.2, -0.15) is 0 Å². The summed E-state index contributed by atoms with van der Waals surface area (Å²) in [5.74, 6) is 0. The van der Waals surface area contributed by atoms with Crippen LogP contribution in [0.3, 0.4) is 0 Å². The molecule has 0 atom stereocenters. The summed E-state index contributed by atoms with van der Waals surface area (Å²) in [4.78, 5) is 7.26. The number of hydrogen-bond acceptors (Lipinski definition) is 2. The smallest absolute Gasteiger partial charge is 0.0924 e. The number of hydrogen-bond donors (Lipinski definition) is 0. The third-order valence-electron chi connectivity index (χ3n) is 5.18. The highest BCUT2D eigenvalue weighted by molar-refractivity contribution is 5.88. The van der Waals surface area contributed by atoms with Crippen LogP contribution in [0.5, 0.6) is 0 Å². The van der Waals surface area contributed by atoms with Crippen LogP contribution in [0.4, 0.5) is 0 Å². The van der Waals surface area contributed by atoms with Crippen LogP contribution in [0.25, 0.3) is 16.6 Å². The van der Waals surface area contributed by atoms with Crippen LogP contribution < -0.4 is 0 Å². The second-order valence-corrected chi connectivity index (χ2v) is 6.44. The Bertz CT molecular complexity index is 913. The Balaban J connectivity index is 0.000000815. The molecule has 0 unspecified atom stereocenters. The van der Waals surface area contributed by atoms with Gasteiger partial charge in [0.15, 0.2) is 0 Å². The Morgan fingerprint density at radius 3 is 2.50 bits per heavy atom. The standard InChI is InChI=1S/C20H20N2.C2H6/c1-11-6-7-18-17(14(11)4)9-16-10-22-15(5)13(3)12(2)8-19(22)20(16)21-18;1-2/h6-9H,5,10H2,1-4H3;1-2H3. The molecular formula is C22H26N2. The molecule has 0 spiro atoms. The Kier molecular flexibility index (Phi) is 4.08. The average Bonchev–Trinajstić information content (AvgIpc) is 2.94. The van der Waals surface area contributed by atoms with Gasteiger partial charge in [0, 0.05) is 16.6 Å². The molecule has 0 saturated carbocycles. The number of nitrogens with zero attached hydrogens (tertiary/aromatic N) is 2. The number of benzene rings is 1. The minimum atomic E-state index is 0.876. The number of rotatable bonds is 0. The van der Waals surface area contributed by atoms with Crippen molar-refractivity contribution < 1.29 is 0 Å². The van der Waals surface area contributed by atoms with Gasteiger partial charge in [0.2, 0.25) is 0 Å². The van der Waals surface area contributed by atoms with E-state index >= 15 is 0 Å². The molecule has 1 aromatic heterocycles. The number of pyridine rings is 1. The highest BCUT2D eigenvalue weighted by atomic mass is 15.2. The third kappa shape index (κ3) is 2.29. The molecule has 0 bridgehead atoms. The van der Waals surface area contributed by atoms with E-state index in [1.807, 2.05) is 13.8 Å². The lowest BCUT2D eigenvalue weighted by molar-refractivity contribution is 0.512. The minimum Gasteiger partial charge on any atom is -0.335 e. The Morgan fingerprint density at radius 2 is 1.79 bits per heavy atom. The van der Waals surface area contributed by atoms with E-state index in [4.69, 9.17) is 4.98 Å². The lowest BCUT2D eigenvalue weighted by Gasteiger charge is -2.28. The molecule has 0 amide bonds. The average molecular weight is 318 g/mol. The summed E-state index contributed by atoms with van der Waals surface area (Å²) >= 11 is 0. The summed E-state index contributed by atoms with van der Waals surface area (Å²) in [5, 5.41) is 1.27. The first-order valence-corrected chi connectivity index (χ1v) is 8.73. The van der Waals surface area contributed by atoms with Gasteiger partial charge in [-0.05, 0) is 68.2 Å². The van der Waals surface area contributed by atoms with Crippen LogP contribution in [0.15, 0.2) is 47.7 Å². The SMILES string of the molecule is C=C1C(C)=C(C)C=C2c3nc4ccc(C)c(C)c4cc3CN12.CC. The fraction of sp³-hybridized carbons (Fsp3) is 0.318. The molecule has 24 heavy (non-hydrogen) atoms. The van der Waals surface area contributed by atoms with E-state index in [9.17, 15) is 0 Å². The summed E-state index contributed by atoms with van der Waals surface area (Å²) in [6.07, 6.45) is 2.25. The largest absolute Gasteiger partial charge is 0.335 e. The van der Waals surface area contributed by atoms with Crippen molar-refractivity contribution in [1.29, 1.82) is 0 Å². The Morgan fingerprint density at radius 1 is 1.08 bits per heavy atom. The van der Waals surface area contributed by atoms with E-state index in [0.29, 0.717) is 0 Å². The molecule has 2 aromatic rings. The maximum atomic E-state index is 4.96. The quantitative estimate of drug-likeness (QED) is 0.601. The number of fused-ring (bicyclic) bond motifs is 4. The summed E-state index contributed by atoms with van der Waals surface area (Å²) < 4.78 is 0. The van der Waals surface area contributed by atoms with Gasteiger partial charge in [-0.15, -0.1) is 0 Å². The van der Waals surface area contributed by atoms with Crippen molar-refractivity contribution in [2.45, 2.75) is 48.1 Å². The molecule has 0 radical (unpaired) electrons. The molecule has 0 fully saturated rings. The van der Waals surface area contributed by atoms with Crippen molar-refractivity contribution in [1.82, 2.24) is 9.88 Å². The molecule has 2 aliphatic rings. The second-order valence-electron chi connectivity index (χ2n) is 6.44. The van der Waals surface area contributed by atoms with Gasteiger partial charge in [0.05, 0.1) is 23.5 Å². The van der Waals surface area contributed by atoms with Gasteiger partial charge in [0.25, 0.3) is 0 Å². The fourth-order valence-electron chi connectivity index (χ4n) is 3.39. The number of aromatic nitrogens is 1. The first kappa shape index (κ1) is 16.5. The summed E-state index contributed by atoms with van der Waals surface area (Å²) in [6.45, 7) is 17.8. The topological polar surface area (TPSA) is 16.1 Å². The second kappa shape index (κ2) is 5.94. The van der Waals surface area contributed by atoms with Crippen molar-refractivity contribution in [2.24, 2.45) is 0 Å². The number of allylic oxidation sites excluding steroid dienone is 3. The zero-order valence-corrected chi connectivity index (χ0v) is 15.6. The van der Waals surface area contributed by atoms with Crippen LogP contribution in [-0.4, -0.2) is 9.88 Å². The normalized spacial score (nSPS) is 15.8. The van der Waals surface area contributed by atoms with Crippen LogP contribution in [-0.2, 0) is 6.54 Å². The van der Waals surface area contributed by atoms with Crippen LogP contribution in [0, 0.1) is 13.8 Å². The van der Waals surface area contributed by atoms with Gasteiger partial charge in [0.1, 0.15) is 0 Å². The molecule has 4 rings (SSSR count). The van der Waals surface area contributed by atoms with E-state index in [0.717, 1.165) is 23.5 Å². The zero-order valence-electron chi connectivity index (χ0n) is 15.6. The molecule has 124 valence electrons. The van der Waals surface area contributed by atoms with Crippen molar-refractivity contribution >= 4 is 16.6 Å². The van der Waals surface area contributed by atoms with E-state index < -0.39 is 0 Å². The maximum absolute atomic E-state index is 4.96. The van der Waals surface area contributed by atoms with Gasteiger partial charge < -0.3 is 4.90 Å². The highest BCUT2D eigenvalue weighted by Gasteiger charge is 2.31. The van der Waals surface area contributed by atoms with Crippen molar-refractivity contribution in [3.63, 3.8) is 0 Å². The highest BCUT2D eigenvalue weighted by Crippen LogP contribution is 2.41. The summed E-state index contributed by atoms with van der Waals surface area (Å²) in [7, 11) is 0. The zero-order chi connectivity index (χ0) is 17.6. The van der Waals surface area contributed by atoms with Crippen LogP contribution >= 0.6 is 0 Å². The Hall–Kier alpha value is -2.35. The van der Waals surface area contributed by atoms with Crippen LogP contribution in [0.1, 0.15) is 50.1 Å². The fourth-order valence-corrected chi connectivity index (χ4v) is 3.39. The van der Waals surface area contributed by atoms with Gasteiger partial charge in [-0.25, -0.2) is 4.98 Å². The van der Waals surface area contributed by atoms with Crippen LogP contribution in [0.2, 0.25) is 0 Å². The minimum absolute atomic E-state index is 0.876. The van der Waals surface area contributed by atoms with Gasteiger partial charge in [-0.3, -0.25) is 0 Å². The molecule has 2 aliphatic heterocycles.